The minimum atomic E-state index is -0.559. The summed E-state index contributed by atoms with van der Waals surface area (Å²) >= 11 is 0. The van der Waals surface area contributed by atoms with Crippen LogP contribution in [-0.4, -0.2) is 25.1 Å². The summed E-state index contributed by atoms with van der Waals surface area (Å²) in [6.07, 6.45) is 2.89. The zero-order valence-electron chi connectivity index (χ0n) is 20.4. The van der Waals surface area contributed by atoms with Gasteiger partial charge in [-0.05, 0) is 73.6 Å². The highest BCUT2D eigenvalue weighted by atomic mass is 16.5. The minimum Gasteiger partial charge on any atom is -0.444 e. The number of carbonyl (C=O) groups is 2. The molecule has 0 bridgehead atoms. The Bertz CT molecular complexity index is 1140. The van der Waals surface area contributed by atoms with Crippen LogP contribution in [0.1, 0.15) is 60.5 Å². The predicted octanol–water partition coefficient (Wildman–Crippen LogP) is 6.80. The van der Waals surface area contributed by atoms with Crippen LogP contribution in [0.3, 0.4) is 0 Å². The Hall–Kier alpha value is -3.80. The summed E-state index contributed by atoms with van der Waals surface area (Å²) in [4.78, 5) is 27.8. The fourth-order valence-electron chi connectivity index (χ4n) is 4.10. The van der Waals surface area contributed by atoms with Crippen molar-refractivity contribution in [1.82, 2.24) is 0 Å². The van der Waals surface area contributed by atoms with Crippen molar-refractivity contribution >= 4 is 29.1 Å². The molecule has 4 rings (SSSR count). The summed E-state index contributed by atoms with van der Waals surface area (Å²) in [6, 6.07) is 23.0. The smallest absolute Gasteiger partial charge is 0.412 e. The standard InChI is InChI=1S/C29H33N3O3/c1-3-18-32(4-2)27-17-14-24(28(33)30-25-15-12-23(13-16-25)22-10-11-22)19-26(27)31-29(34)35-20-21-8-6-5-7-9-21/h5-9,12-17,19,22H,3-4,10-11,18,20H2,1-2H3,(H,30,33)(H,31,34). The Labute approximate surface area is 207 Å². The molecule has 1 saturated carbocycles. The van der Waals surface area contributed by atoms with Crippen molar-refractivity contribution in [3.05, 3.63) is 89.5 Å². The summed E-state index contributed by atoms with van der Waals surface area (Å²) in [5, 5.41) is 5.82. The lowest BCUT2D eigenvalue weighted by Gasteiger charge is -2.25. The second-order valence-electron chi connectivity index (χ2n) is 8.85. The average molecular weight is 472 g/mol. The van der Waals surface area contributed by atoms with E-state index < -0.39 is 6.09 Å². The van der Waals surface area contributed by atoms with Gasteiger partial charge in [0.15, 0.2) is 0 Å². The van der Waals surface area contributed by atoms with E-state index in [2.05, 4.69) is 41.5 Å². The number of ether oxygens (including phenoxy) is 1. The molecule has 1 fully saturated rings. The average Bonchev–Trinajstić information content (AvgIpc) is 3.73. The fraction of sp³-hybridized carbons (Fsp3) is 0.310. The van der Waals surface area contributed by atoms with Crippen LogP contribution in [-0.2, 0) is 11.3 Å². The van der Waals surface area contributed by atoms with Gasteiger partial charge in [-0.25, -0.2) is 4.79 Å². The third-order valence-corrected chi connectivity index (χ3v) is 6.14. The van der Waals surface area contributed by atoms with Gasteiger partial charge in [-0.3, -0.25) is 10.1 Å². The number of rotatable bonds is 10. The number of nitrogens with one attached hydrogen (secondary N) is 2. The Morgan fingerprint density at radius 1 is 0.943 bits per heavy atom. The normalized spacial score (nSPS) is 12.6. The first-order valence-electron chi connectivity index (χ1n) is 12.4. The van der Waals surface area contributed by atoms with Crippen LogP contribution in [0.4, 0.5) is 21.9 Å². The summed E-state index contributed by atoms with van der Waals surface area (Å²) in [5.74, 6) is 0.446. The lowest BCUT2D eigenvalue weighted by molar-refractivity contribution is 0.102. The molecule has 35 heavy (non-hydrogen) atoms. The van der Waals surface area contributed by atoms with Gasteiger partial charge in [-0.1, -0.05) is 49.4 Å². The van der Waals surface area contributed by atoms with Gasteiger partial charge in [0, 0.05) is 24.3 Å². The molecular weight excluding hydrogens is 438 g/mol. The van der Waals surface area contributed by atoms with Gasteiger partial charge in [0.05, 0.1) is 11.4 Å². The van der Waals surface area contributed by atoms with Crippen LogP contribution in [0.25, 0.3) is 0 Å². The highest BCUT2D eigenvalue weighted by Gasteiger charge is 2.23. The number of hydrogen-bond donors (Lipinski definition) is 2. The topological polar surface area (TPSA) is 70.7 Å². The molecule has 0 aromatic heterocycles. The van der Waals surface area contributed by atoms with E-state index in [0.29, 0.717) is 17.2 Å². The first-order chi connectivity index (χ1) is 17.1. The Balaban J connectivity index is 1.49. The third-order valence-electron chi connectivity index (χ3n) is 6.14. The van der Waals surface area contributed by atoms with Gasteiger partial charge in [0.2, 0.25) is 0 Å². The zero-order chi connectivity index (χ0) is 24.6. The van der Waals surface area contributed by atoms with Gasteiger partial charge < -0.3 is 15.0 Å². The second-order valence-corrected chi connectivity index (χ2v) is 8.85. The molecule has 1 aliphatic carbocycles. The predicted molar refractivity (Wildman–Crippen MR) is 141 cm³/mol. The summed E-state index contributed by atoms with van der Waals surface area (Å²) < 4.78 is 5.42. The number of hydrogen-bond acceptors (Lipinski definition) is 4. The molecule has 0 radical (unpaired) electrons. The summed E-state index contributed by atoms with van der Waals surface area (Å²) in [5.41, 5.74) is 4.85. The monoisotopic (exact) mass is 471 g/mol. The molecule has 0 atom stereocenters. The lowest BCUT2D eigenvalue weighted by Crippen LogP contribution is -2.26. The second kappa shape index (κ2) is 11.6. The summed E-state index contributed by atoms with van der Waals surface area (Å²) in [7, 11) is 0. The largest absolute Gasteiger partial charge is 0.444 e. The fourth-order valence-corrected chi connectivity index (χ4v) is 4.10. The Kier molecular flexibility index (Phi) is 8.03. The highest BCUT2D eigenvalue weighted by Crippen LogP contribution is 2.40. The van der Waals surface area contributed by atoms with Crippen molar-refractivity contribution in [2.45, 2.75) is 45.6 Å². The highest BCUT2D eigenvalue weighted by molar-refractivity contribution is 6.06. The van der Waals surface area contributed by atoms with Gasteiger partial charge in [-0.2, -0.15) is 0 Å². The molecular formula is C29H33N3O3. The van der Waals surface area contributed by atoms with Crippen molar-refractivity contribution in [1.29, 1.82) is 0 Å². The van der Waals surface area contributed by atoms with Gasteiger partial charge >= 0.3 is 6.09 Å². The van der Waals surface area contributed by atoms with Gasteiger partial charge in [0.25, 0.3) is 5.91 Å². The van der Waals surface area contributed by atoms with Crippen molar-refractivity contribution in [3.63, 3.8) is 0 Å². The van der Waals surface area contributed by atoms with Crippen LogP contribution in [0.2, 0.25) is 0 Å². The number of amides is 2. The van der Waals surface area contributed by atoms with Crippen LogP contribution in [0.5, 0.6) is 0 Å². The van der Waals surface area contributed by atoms with Crippen LogP contribution in [0.15, 0.2) is 72.8 Å². The molecule has 0 aliphatic heterocycles. The Morgan fingerprint density at radius 2 is 1.69 bits per heavy atom. The summed E-state index contributed by atoms with van der Waals surface area (Å²) in [6.45, 7) is 5.97. The molecule has 0 unspecified atom stereocenters. The van der Waals surface area contributed by atoms with Crippen LogP contribution >= 0.6 is 0 Å². The number of nitrogens with zero attached hydrogens (tertiary/aromatic N) is 1. The van der Waals surface area contributed by atoms with Crippen molar-refractivity contribution in [3.8, 4) is 0 Å². The van der Waals surface area contributed by atoms with Crippen molar-refractivity contribution in [2.24, 2.45) is 0 Å². The quantitative estimate of drug-likeness (QED) is 0.341. The minimum absolute atomic E-state index is 0.172. The van der Waals surface area contributed by atoms with E-state index in [0.717, 1.165) is 36.4 Å². The first kappa shape index (κ1) is 24.3. The molecule has 0 spiro atoms. The van der Waals surface area contributed by atoms with E-state index in [9.17, 15) is 9.59 Å². The van der Waals surface area contributed by atoms with E-state index in [4.69, 9.17) is 4.74 Å². The molecule has 1 aliphatic rings. The molecule has 2 N–H and O–H groups in total. The first-order valence-corrected chi connectivity index (χ1v) is 12.4. The maximum Gasteiger partial charge on any atom is 0.412 e. The maximum atomic E-state index is 13.0. The molecule has 6 nitrogen and oxygen atoms in total. The van der Waals surface area contributed by atoms with Gasteiger partial charge in [0.1, 0.15) is 6.61 Å². The molecule has 2 amide bonds. The molecule has 182 valence electrons. The van der Waals surface area contributed by atoms with Crippen molar-refractivity contribution in [2.75, 3.05) is 28.6 Å². The zero-order valence-corrected chi connectivity index (χ0v) is 20.4. The third kappa shape index (κ3) is 6.63. The SMILES string of the molecule is CCCN(CC)c1ccc(C(=O)Nc2ccc(C3CC3)cc2)cc1NC(=O)OCc1ccccc1. The van der Waals surface area contributed by atoms with Crippen LogP contribution < -0.4 is 15.5 Å². The van der Waals surface area contributed by atoms with E-state index in [1.165, 1.54) is 18.4 Å². The maximum absolute atomic E-state index is 13.0. The van der Waals surface area contributed by atoms with E-state index in [-0.39, 0.29) is 12.5 Å². The number of carbonyl (C=O) groups excluding carboxylic acids is 2. The van der Waals surface area contributed by atoms with Crippen molar-refractivity contribution < 1.29 is 14.3 Å². The van der Waals surface area contributed by atoms with E-state index in [1.54, 1.807) is 12.1 Å². The Morgan fingerprint density at radius 3 is 2.34 bits per heavy atom. The lowest BCUT2D eigenvalue weighted by atomic mass is 10.1. The van der Waals surface area contributed by atoms with E-state index in [1.807, 2.05) is 48.5 Å². The molecule has 3 aromatic rings. The van der Waals surface area contributed by atoms with Gasteiger partial charge in [-0.15, -0.1) is 0 Å². The molecule has 3 aromatic carbocycles. The van der Waals surface area contributed by atoms with Crippen LogP contribution in [0, 0.1) is 0 Å². The number of anilines is 3. The number of benzene rings is 3. The molecule has 6 heteroatoms. The van der Waals surface area contributed by atoms with E-state index >= 15 is 0 Å². The molecule has 0 heterocycles. The molecule has 0 saturated heterocycles.